The summed E-state index contributed by atoms with van der Waals surface area (Å²) in [7, 11) is -3.54. The number of piperidine rings is 1. The summed E-state index contributed by atoms with van der Waals surface area (Å²) in [6, 6.07) is 6.16. The Labute approximate surface area is 170 Å². The molecule has 0 radical (unpaired) electrons. The number of sulfonamides is 1. The van der Waals surface area contributed by atoms with Gasteiger partial charge in [0, 0.05) is 36.3 Å². The lowest BCUT2D eigenvalue weighted by Gasteiger charge is -2.30. The number of benzene rings is 1. The van der Waals surface area contributed by atoms with Gasteiger partial charge in [0.1, 0.15) is 0 Å². The van der Waals surface area contributed by atoms with E-state index in [1.54, 1.807) is 12.1 Å². The molecule has 0 aliphatic carbocycles. The molecule has 28 heavy (non-hydrogen) atoms. The van der Waals surface area contributed by atoms with Crippen LogP contribution in [0.3, 0.4) is 0 Å². The molecule has 152 valence electrons. The van der Waals surface area contributed by atoms with E-state index in [2.05, 4.69) is 15.5 Å². The number of hydrogen-bond acceptors (Lipinski definition) is 4. The maximum absolute atomic E-state index is 12.7. The maximum Gasteiger partial charge on any atom is 0.243 e. The van der Waals surface area contributed by atoms with Gasteiger partial charge in [-0.1, -0.05) is 11.6 Å². The number of aromatic nitrogens is 2. The summed E-state index contributed by atoms with van der Waals surface area (Å²) in [6.07, 6.45) is 4.57. The molecule has 1 saturated heterocycles. The standard InChI is InChI=1S/C19H25ClN4O3S/c1-14-16(13-22-23-14)3-2-10-21-19(25)15-8-11-24(12-9-15)28(26,27)18-6-4-17(20)5-7-18/h4-7,13,15H,2-3,8-12H2,1H3,(H,21,25)(H,22,23). The Balaban J connectivity index is 1.44. The highest BCUT2D eigenvalue weighted by atomic mass is 35.5. The number of rotatable bonds is 7. The van der Waals surface area contributed by atoms with Crippen LogP contribution in [-0.4, -0.2) is 48.5 Å². The van der Waals surface area contributed by atoms with Crippen molar-refractivity contribution < 1.29 is 13.2 Å². The Morgan fingerprint density at radius 2 is 1.96 bits per heavy atom. The van der Waals surface area contributed by atoms with E-state index in [9.17, 15) is 13.2 Å². The van der Waals surface area contributed by atoms with E-state index in [4.69, 9.17) is 11.6 Å². The Bertz CT molecular complexity index is 904. The van der Waals surface area contributed by atoms with E-state index >= 15 is 0 Å². The molecular weight excluding hydrogens is 400 g/mol. The van der Waals surface area contributed by atoms with Crippen molar-refractivity contribution in [1.82, 2.24) is 19.8 Å². The predicted octanol–water partition coefficient (Wildman–Crippen LogP) is 2.52. The highest BCUT2D eigenvalue weighted by Crippen LogP contribution is 2.24. The Morgan fingerprint density at radius 3 is 2.57 bits per heavy atom. The van der Waals surface area contributed by atoms with Crippen molar-refractivity contribution in [3.63, 3.8) is 0 Å². The van der Waals surface area contributed by atoms with Crippen LogP contribution in [0.4, 0.5) is 0 Å². The molecule has 2 N–H and O–H groups in total. The van der Waals surface area contributed by atoms with Crippen LogP contribution in [0.5, 0.6) is 0 Å². The fourth-order valence-electron chi connectivity index (χ4n) is 3.38. The summed E-state index contributed by atoms with van der Waals surface area (Å²) in [5.74, 6) is -0.139. The smallest absolute Gasteiger partial charge is 0.243 e. The van der Waals surface area contributed by atoms with Gasteiger partial charge < -0.3 is 5.32 Å². The van der Waals surface area contributed by atoms with Gasteiger partial charge in [0.2, 0.25) is 15.9 Å². The molecule has 2 heterocycles. The average Bonchev–Trinajstić information content (AvgIpc) is 3.10. The van der Waals surface area contributed by atoms with E-state index in [0.29, 0.717) is 37.5 Å². The van der Waals surface area contributed by atoms with E-state index in [-0.39, 0.29) is 16.7 Å². The third-order valence-electron chi connectivity index (χ3n) is 5.13. The van der Waals surface area contributed by atoms with Gasteiger partial charge in [-0.15, -0.1) is 0 Å². The molecule has 0 bridgehead atoms. The van der Waals surface area contributed by atoms with Gasteiger partial charge >= 0.3 is 0 Å². The number of aryl methyl sites for hydroxylation is 2. The first-order valence-corrected chi connectivity index (χ1v) is 11.2. The Morgan fingerprint density at radius 1 is 1.29 bits per heavy atom. The monoisotopic (exact) mass is 424 g/mol. The molecular formula is C19H25ClN4O3S. The van der Waals surface area contributed by atoms with Gasteiger partial charge in [-0.2, -0.15) is 9.40 Å². The molecule has 3 rings (SSSR count). The van der Waals surface area contributed by atoms with Crippen LogP contribution in [-0.2, 0) is 21.2 Å². The van der Waals surface area contributed by atoms with Crippen LogP contribution in [0, 0.1) is 12.8 Å². The van der Waals surface area contributed by atoms with Gasteiger partial charge in [-0.25, -0.2) is 8.42 Å². The first-order valence-electron chi connectivity index (χ1n) is 9.40. The van der Waals surface area contributed by atoms with Crippen molar-refractivity contribution in [2.24, 2.45) is 5.92 Å². The van der Waals surface area contributed by atoms with E-state index in [1.165, 1.54) is 16.4 Å². The minimum atomic E-state index is -3.54. The summed E-state index contributed by atoms with van der Waals surface area (Å²) >= 11 is 5.83. The van der Waals surface area contributed by atoms with Crippen LogP contribution < -0.4 is 5.32 Å². The number of amides is 1. The summed E-state index contributed by atoms with van der Waals surface area (Å²) in [5.41, 5.74) is 2.22. The van der Waals surface area contributed by atoms with Gasteiger partial charge in [-0.3, -0.25) is 9.89 Å². The number of nitrogens with zero attached hydrogens (tertiary/aromatic N) is 2. The maximum atomic E-state index is 12.7. The summed E-state index contributed by atoms with van der Waals surface area (Å²) < 4.78 is 26.8. The van der Waals surface area contributed by atoms with Crippen LogP contribution in [0.2, 0.25) is 5.02 Å². The number of halogens is 1. The summed E-state index contributed by atoms with van der Waals surface area (Å²) in [6.45, 7) is 3.27. The van der Waals surface area contributed by atoms with Crippen molar-refractivity contribution in [3.8, 4) is 0 Å². The summed E-state index contributed by atoms with van der Waals surface area (Å²) in [4.78, 5) is 12.6. The zero-order valence-electron chi connectivity index (χ0n) is 15.8. The highest BCUT2D eigenvalue weighted by Gasteiger charge is 2.31. The number of carbonyl (C=O) groups excluding carboxylic acids is 1. The Kier molecular flexibility index (Phi) is 6.74. The number of nitrogens with one attached hydrogen (secondary N) is 2. The molecule has 2 aromatic rings. The molecule has 0 atom stereocenters. The van der Waals surface area contributed by atoms with Crippen molar-refractivity contribution in [3.05, 3.63) is 46.7 Å². The molecule has 7 nitrogen and oxygen atoms in total. The first-order chi connectivity index (χ1) is 13.4. The third-order valence-corrected chi connectivity index (χ3v) is 7.30. The van der Waals surface area contributed by atoms with Crippen LogP contribution in [0.15, 0.2) is 35.4 Å². The quantitative estimate of drug-likeness (QED) is 0.667. The molecule has 0 saturated carbocycles. The number of H-pyrrole nitrogens is 1. The molecule has 1 amide bonds. The lowest BCUT2D eigenvalue weighted by Crippen LogP contribution is -2.43. The molecule has 1 aromatic carbocycles. The Hall–Kier alpha value is -1.90. The second kappa shape index (κ2) is 9.07. The second-order valence-electron chi connectivity index (χ2n) is 7.05. The van der Waals surface area contributed by atoms with Crippen LogP contribution >= 0.6 is 11.6 Å². The molecule has 1 aliphatic rings. The van der Waals surface area contributed by atoms with Crippen molar-refractivity contribution in [2.45, 2.75) is 37.5 Å². The van der Waals surface area contributed by atoms with Gasteiger partial charge in [-0.05, 0) is 62.4 Å². The summed E-state index contributed by atoms with van der Waals surface area (Å²) in [5, 5.41) is 10.4. The molecule has 1 aromatic heterocycles. The highest BCUT2D eigenvalue weighted by molar-refractivity contribution is 7.89. The van der Waals surface area contributed by atoms with Gasteiger partial charge in [0.05, 0.1) is 11.1 Å². The lowest BCUT2D eigenvalue weighted by molar-refractivity contribution is -0.126. The van der Waals surface area contributed by atoms with Gasteiger partial charge in [0.15, 0.2) is 0 Å². The fraction of sp³-hybridized carbons (Fsp3) is 0.474. The van der Waals surface area contributed by atoms with Crippen molar-refractivity contribution in [2.75, 3.05) is 19.6 Å². The molecule has 9 heteroatoms. The average molecular weight is 425 g/mol. The largest absolute Gasteiger partial charge is 0.356 e. The minimum Gasteiger partial charge on any atom is -0.356 e. The van der Waals surface area contributed by atoms with Crippen LogP contribution in [0.1, 0.15) is 30.5 Å². The number of hydrogen-bond donors (Lipinski definition) is 2. The molecule has 0 spiro atoms. The minimum absolute atomic E-state index is 0.00690. The fourth-order valence-corrected chi connectivity index (χ4v) is 4.97. The first kappa shape index (κ1) is 20.8. The second-order valence-corrected chi connectivity index (χ2v) is 9.42. The zero-order valence-corrected chi connectivity index (χ0v) is 17.4. The van der Waals surface area contributed by atoms with Crippen LogP contribution in [0.25, 0.3) is 0 Å². The molecule has 0 unspecified atom stereocenters. The third kappa shape index (κ3) is 4.92. The van der Waals surface area contributed by atoms with E-state index < -0.39 is 10.0 Å². The van der Waals surface area contributed by atoms with Crippen molar-refractivity contribution >= 4 is 27.5 Å². The predicted molar refractivity (Wildman–Crippen MR) is 108 cm³/mol. The van der Waals surface area contributed by atoms with E-state index in [1.807, 2.05) is 13.1 Å². The number of carbonyl (C=O) groups is 1. The number of aromatic amines is 1. The molecule has 1 fully saturated rings. The topological polar surface area (TPSA) is 95.2 Å². The van der Waals surface area contributed by atoms with Gasteiger partial charge in [0.25, 0.3) is 0 Å². The molecule has 1 aliphatic heterocycles. The lowest BCUT2D eigenvalue weighted by atomic mass is 9.97. The SMILES string of the molecule is Cc1[nH]ncc1CCCNC(=O)C1CCN(S(=O)(=O)c2ccc(Cl)cc2)CC1. The van der Waals surface area contributed by atoms with E-state index in [0.717, 1.165) is 24.1 Å². The zero-order chi connectivity index (χ0) is 20.1. The normalized spacial score (nSPS) is 16.2. The van der Waals surface area contributed by atoms with Crippen molar-refractivity contribution in [1.29, 1.82) is 0 Å².